The van der Waals surface area contributed by atoms with Gasteiger partial charge in [0.2, 0.25) is 16.4 Å². The van der Waals surface area contributed by atoms with Crippen LogP contribution < -0.4 is 0 Å². The second-order valence-corrected chi connectivity index (χ2v) is 7.41. The van der Waals surface area contributed by atoms with Crippen molar-refractivity contribution in [2.75, 3.05) is 6.54 Å². The highest BCUT2D eigenvalue weighted by Crippen LogP contribution is 2.34. The Morgan fingerprint density at radius 2 is 2.09 bits per heavy atom. The van der Waals surface area contributed by atoms with E-state index in [9.17, 15) is 8.42 Å². The van der Waals surface area contributed by atoms with Crippen LogP contribution in [0.15, 0.2) is 26.3 Å². The molecule has 2 aromatic rings. The minimum absolute atomic E-state index is 0.223. The van der Waals surface area contributed by atoms with Gasteiger partial charge in [-0.25, -0.2) is 8.42 Å². The van der Waals surface area contributed by atoms with Gasteiger partial charge in [0.15, 0.2) is 5.82 Å². The summed E-state index contributed by atoms with van der Waals surface area (Å²) in [5.41, 5.74) is 0. The lowest BCUT2D eigenvalue weighted by molar-refractivity contribution is 0.303. The highest BCUT2D eigenvalue weighted by molar-refractivity contribution is 7.89. The van der Waals surface area contributed by atoms with Crippen LogP contribution in [0.4, 0.5) is 0 Å². The van der Waals surface area contributed by atoms with Crippen LogP contribution in [-0.4, -0.2) is 29.4 Å². The van der Waals surface area contributed by atoms with E-state index < -0.39 is 10.0 Å². The molecule has 0 N–H and O–H groups in total. The van der Waals surface area contributed by atoms with Gasteiger partial charge in [-0.15, -0.1) is 0 Å². The van der Waals surface area contributed by atoms with E-state index in [1.807, 2.05) is 0 Å². The third kappa shape index (κ3) is 2.68. The van der Waals surface area contributed by atoms with Gasteiger partial charge in [0.05, 0.1) is 6.04 Å². The molecule has 0 unspecified atom stereocenters. The van der Waals surface area contributed by atoms with E-state index in [-0.39, 0.29) is 10.9 Å². The number of sulfonamides is 1. The normalized spacial score (nSPS) is 20.9. The Morgan fingerprint density at radius 3 is 2.73 bits per heavy atom. The van der Waals surface area contributed by atoms with E-state index in [4.69, 9.17) is 8.94 Å². The Kier molecular flexibility index (Phi) is 4.05. The molecule has 0 bridgehead atoms. The molecule has 1 atom stereocenters. The molecule has 0 spiro atoms. The fourth-order valence-electron chi connectivity index (χ4n) is 2.94. The third-order valence-corrected chi connectivity index (χ3v) is 5.98. The minimum Gasteiger partial charge on any atom is -0.465 e. The van der Waals surface area contributed by atoms with Gasteiger partial charge in [0, 0.05) is 6.54 Å². The quantitative estimate of drug-likeness (QED) is 0.861. The SMILES string of the molecule is Cc1cc(S(=O)(=O)N2CCCCC[C@H]2c2ncon2)c(C)o1. The smallest absolute Gasteiger partial charge is 0.247 e. The summed E-state index contributed by atoms with van der Waals surface area (Å²) in [5.74, 6) is 1.42. The van der Waals surface area contributed by atoms with E-state index in [0.29, 0.717) is 30.3 Å². The summed E-state index contributed by atoms with van der Waals surface area (Å²) in [4.78, 5) is 4.28. The molecule has 1 aliphatic heterocycles. The molecular formula is C14H19N3O4S. The Labute approximate surface area is 129 Å². The molecule has 3 heterocycles. The van der Waals surface area contributed by atoms with Crippen molar-refractivity contribution in [1.82, 2.24) is 14.4 Å². The summed E-state index contributed by atoms with van der Waals surface area (Å²) in [5, 5.41) is 3.85. The lowest BCUT2D eigenvalue weighted by Crippen LogP contribution is -2.35. The van der Waals surface area contributed by atoms with Gasteiger partial charge in [0.1, 0.15) is 16.4 Å². The van der Waals surface area contributed by atoms with Crippen LogP contribution >= 0.6 is 0 Å². The largest absolute Gasteiger partial charge is 0.465 e. The van der Waals surface area contributed by atoms with Crippen LogP contribution in [0.2, 0.25) is 0 Å². The Morgan fingerprint density at radius 1 is 1.27 bits per heavy atom. The molecule has 0 aliphatic carbocycles. The Bertz CT molecular complexity index is 736. The van der Waals surface area contributed by atoms with Crippen molar-refractivity contribution in [2.24, 2.45) is 0 Å². The molecule has 8 heteroatoms. The zero-order valence-corrected chi connectivity index (χ0v) is 13.5. The molecular weight excluding hydrogens is 306 g/mol. The van der Waals surface area contributed by atoms with Crippen molar-refractivity contribution >= 4 is 10.0 Å². The second kappa shape index (κ2) is 5.85. The predicted molar refractivity (Wildman–Crippen MR) is 77.6 cm³/mol. The monoisotopic (exact) mass is 325 g/mol. The number of rotatable bonds is 3. The van der Waals surface area contributed by atoms with Crippen LogP contribution in [0.1, 0.15) is 49.1 Å². The van der Waals surface area contributed by atoms with E-state index in [2.05, 4.69) is 10.1 Å². The first-order valence-electron chi connectivity index (χ1n) is 7.35. The molecule has 0 saturated carbocycles. The predicted octanol–water partition coefficient (Wildman–Crippen LogP) is 2.59. The molecule has 120 valence electrons. The third-order valence-electron chi connectivity index (χ3n) is 3.96. The maximum Gasteiger partial charge on any atom is 0.247 e. The summed E-state index contributed by atoms with van der Waals surface area (Å²) in [7, 11) is -3.65. The van der Waals surface area contributed by atoms with E-state index in [1.165, 1.54) is 10.7 Å². The van der Waals surface area contributed by atoms with Crippen LogP contribution in [0.25, 0.3) is 0 Å². The van der Waals surface area contributed by atoms with Crippen LogP contribution in [0.3, 0.4) is 0 Å². The summed E-state index contributed by atoms with van der Waals surface area (Å²) < 4.78 is 37.8. The molecule has 0 radical (unpaired) electrons. The number of aromatic nitrogens is 2. The maximum absolute atomic E-state index is 13.1. The van der Waals surface area contributed by atoms with Gasteiger partial charge in [-0.3, -0.25) is 0 Å². The van der Waals surface area contributed by atoms with Crippen molar-refractivity contribution in [3.8, 4) is 0 Å². The zero-order chi connectivity index (χ0) is 15.7. The standard InChI is InChI=1S/C14H19N3O4S/c1-10-8-13(11(2)21-10)22(18,19)17-7-5-3-4-6-12(17)14-15-9-20-16-14/h8-9,12H,3-7H2,1-2H3/t12-/m0/s1. The van der Waals surface area contributed by atoms with Gasteiger partial charge < -0.3 is 8.94 Å². The van der Waals surface area contributed by atoms with Crippen molar-refractivity contribution in [2.45, 2.75) is 50.5 Å². The van der Waals surface area contributed by atoms with Crippen molar-refractivity contribution < 1.29 is 17.4 Å². The van der Waals surface area contributed by atoms with Crippen LogP contribution in [0.5, 0.6) is 0 Å². The van der Waals surface area contributed by atoms with Crippen molar-refractivity contribution in [1.29, 1.82) is 0 Å². The van der Waals surface area contributed by atoms with Crippen LogP contribution in [-0.2, 0) is 10.0 Å². The average Bonchev–Trinajstić information content (AvgIpc) is 3.02. The minimum atomic E-state index is -3.65. The number of nitrogens with zero attached hydrogens (tertiary/aromatic N) is 3. The first-order chi connectivity index (χ1) is 10.5. The molecule has 22 heavy (non-hydrogen) atoms. The van der Waals surface area contributed by atoms with Gasteiger partial charge in [-0.1, -0.05) is 18.0 Å². The van der Waals surface area contributed by atoms with Crippen LogP contribution in [0, 0.1) is 13.8 Å². The number of furan rings is 1. The Balaban J connectivity index is 2.03. The molecule has 0 amide bonds. The fraction of sp³-hybridized carbons (Fsp3) is 0.571. The molecule has 3 rings (SSSR count). The first kappa shape index (κ1) is 15.2. The molecule has 0 aromatic carbocycles. The first-order valence-corrected chi connectivity index (χ1v) is 8.79. The summed E-state index contributed by atoms with van der Waals surface area (Å²) in [6, 6.07) is 1.18. The second-order valence-electron chi connectivity index (χ2n) is 5.55. The van der Waals surface area contributed by atoms with Crippen molar-refractivity contribution in [3.05, 3.63) is 29.8 Å². The summed E-state index contributed by atoms with van der Waals surface area (Å²) in [6.45, 7) is 3.86. The van der Waals surface area contributed by atoms with E-state index in [1.54, 1.807) is 19.9 Å². The van der Waals surface area contributed by atoms with Gasteiger partial charge in [-0.2, -0.15) is 9.29 Å². The molecule has 7 nitrogen and oxygen atoms in total. The highest BCUT2D eigenvalue weighted by atomic mass is 32.2. The average molecular weight is 325 g/mol. The maximum atomic E-state index is 13.1. The van der Waals surface area contributed by atoms with E-state index >= 15 is 0 Å². The number of hydrogen-bond donors (Lipinski definition) is 0. The molecule has 1 fully saturated rings. The topological polar surface area (TPSA) is 89.4 Å². The zero-order valence-electron chi connectivity index (χ0n) is 12.7. The lowest BCUT2D eigenvalue weighted by atomic mass is 10.1. The molecule has 1 aliphatic rings. The molecule has 2 aromatic heterocycles. The van der Waals surface area contributed by atoms with Gasteiger partial charge in [0.25, 0.3) is 0 Å². The number of hydrogen-bond acceptors (Lipinski definition) is 6. The number of aryl methyl sites for hydroxylation is 2. The van der Waals surface area contributed by atoms with E-state index in [0.717, 1.165) is 19.3 Å². The van der Waals surface area contributed by atoms with Gasteiger partial charge in [-0.05, 0) is 32.8 Å². The molecule has 1 saturated heterocycles. The fourth-order valence-corrected chi connectivity index (χ4v) is 4.82. The lowest BCUT2D eigenvalue weighted by Gasteiger charge is -2.26. The van der Waals surface area contributed by atoms with Gasteiger partial charge >= 0.3 is 0 Å². The highest BCUT2D eigenvalue weighted by Gasteiger charge is 2.37. The van der Waals surface area contributed by atoms with Crippen molar-refractivity contribution in [3.63, 3.8) is 0 Å². The summed E-state index contributed by atoms with van der Waals surface area (Å²) >= 11 is 0. The Hall–Kier alpha value is -1.67. The summed E-state index contributed by atoms with van der Waals surface area (Å²) in [6.07, 6.45) is 4.68.